The van der Waals surface area contributed by atoms with Crippen LogP contribution in [0.2, 0.25) is 0 Å². The highest BCUT2D eigenvalue weighted by Crippen LogP contribution is 2.46. The smallest absolute Gasteiger partial charge is 0.163 e. The molecule has 0 fully saturated rings. The minimum atomic E-state index is -1.01. The molecule has 0 aliphatic carbocycles. The summed E-state index contributed by atoms with van der Waals surface area (Å²) in [7, 11) is 0. The van der Waals surface area contributed by atoms with Gasteiger partial charge in [-0.05, 0) is 16.7 Å². The summed E-state index contributed by atoms with van der Waals surface area (Å²) in [6.45, 7) is 0. The zero-order valence-electron chi connectivity index (χ0n) is 17.2. The summed E-state index contributed by atoms with van der Waals surface area (Å²) in [5.41, 5.74) is 2.41. The molecule has 0 heterocycles. The lowest BCUT2D eigenvalue weighted by molar-refractivity contribution is 0.0967. The van der Waals surface area contributed by atoms with Crippen molar-refractivity contribution in [2.45, 2.75) is 17.8 Å². The van der Waals surface area contributed by atoms with E-state index < -0.39 is 5.41 Å². The average molecular weight is 402 g/mol. The molecule has 150 valence electrons. The molecule has 0 aromatic heterocycles. The molecule has 1 atom stereocenters. The Morgan fingerprint density at radius 2 is 1.10 bits per heavy atom. The number of hydrogen-bond acceptors (Lipinski definition) is 2. The molecule has 0 amide bonds. The van der Waals surface area contributed by atoms with Crippen LogP contribution in [0, 0.1) is 11.3 Å². The third-order valence-corrected chi connectivity index (χ3v) is 5.84. The van der Waals surface area contributed by atoms with Crippen molar-refractivity contribution in [1.29, 1.82) is 5.26 Å². The second-order valence-electron chi connectivity index (χ2n) is 7.61. The van der Waals surface area contributed by atoms with E-state index in [1.807, 2.05) is 121 Å². The van der Waals surface area contributed by atoms with E-state index in [1.165, 1.54) is 0 Å². The Balaban J connectivity index is 1.93. The second kappa shape index (κ2) is 9.24. The number of nitriles is 1. The molecule has 31 heavy (non-hydrogen) atoms. The summed E-state index contributed by atoms with van der Waals surface area (Å²) in [5, 5.41) is 10.7. The molecular formula is C29H23NO. The lowest BCUT2D eigenvalue weighted by atomic mass is 9.63. The monoisotopic (exact) mass is 401 g/mol. The van der Waals surface area contributed by atoms with Crippen molar-refractivity contribution in [3.05, 3.63) is 144 Å². The van der Waals surface area contributed by atoms with Crippen molar-refractivity contribution in [2.75, 3.05) is 0 Å². The van der Waals surface area contributed by atoms with E-state index in [9.17, 15) is 10.1 Å². The first-order valence-corrected chi connectivity index (χ1v) is 10.4. The van der Waals surface area contributed by atoms with E-state index >= 15 is 0 Å². The Morgan fingerprint density at radius 1 is 0.677 bits per heavy atom. The first-order chi connectivity index (χ1) is 15.3. The summed E-state index contributed by atoms with van der Waals surface area (Å²) in [6, 6.07) is 41.5. The van der Waals surface area contributed by atoms with Gasteiger partial charge in [0.05, 0.1) is 6.07 Å². The topological polar surface area (TPSA) is 40.9 Å². The van der Waals surface area contributed by atoms with Crippen molar-refractivity contribution < 1.29 is 4.79 Å². The van der Waals surface area contributed by atoms with E-state index in [2.05, 4.69) is 6.07 Å². The fourth-order valence-corrected chi connectivity index (χ4v) is 4.31. The molecule has 0 saturated heterocycles. The van der Waals surface area contributed by atoms with Gasteiger partial charge >= 0.3 is 0 Å². The first-order valence-electron chi connectivity index (χ1n) is 10.4. The van der Waals surface area contributed by atoms with Gasteiger partial charge in [0, 0.05) is 17.9 Å². The number of benzene rings is 4. The van der Waals surface area contributed by atoms with Gasteiger partial charge in [-0.15, -0.1) is 0 Å². The molecule has 2 nitrogen and oxygen atoms in total. The van der Waals surface area contributed by atoms with Gasteiger partial charge in [0.15, 0.2) is 5.78 Å². The van der Waals surface area contributed by atoms with Gasteiger partial charge in [-0.2, -0.15) is 5.26 Å². The van der Waals surface area contributed by atoms with Crippen LogP contribution in [-0.4, -0.2) is 5.78 Å². The summed E-state index contributed by atoms with van der Waals surface area (Å²) in [5.74, 6) is -0.322. The molecule has 2 heteroatoms. The van der Waals surface area contributed by atoms with Crippen molar-refractivity contribution in [3.8, 4) is 6.07 Å². The number of hydrogen-bond donors (Lipinski definition) is 0. The molecule has 4 aromatic rings. The maximum atomic E-state index is 13.3. The normalized spacial score (nSPS) is 12.0. The van der Waals surface area contributed by atoms with E-state index in [4.69, 9.17) is 0 Å². The molecule has 0 radical (unpaired) electrons. The van der Waals surface area contributed by atoms with Crippen LogP contribution in [0.5, 0.6) is 0 Å². The highest BCUT2D eigenvalue weighted by Gasteiger charge is 2.44. The Kier molecular flexibility index (Phi) is 6.05. The molecule has 0 aliphatic rings. The van der Waals surface area contributed by atoms with Crippen LogP contribution >= 0.6 is 0 Å². The van der Waals surface area contributed by atoms with Crippen LogP contribution in [0.25, 0.3) is 0 Å². The zero-order valence-corrected chi connectivity index (χ0v) is 17.2. The van der Waals surface area contributed by atoms with E-state index in [1.54, 1.807) is 0 Å². The highest BCUT2D eigenvalue weighted by atomic mass is 16.1. The van der Waals surface area contributed by atoms with Gasteiger partial charge in [-0.1, -0.05) is 121 Å². The average Bonchev–Trinajstić information content (AvgIpc) is 2.86. The predicted molar refractivity (Wildman–Crippen MR) is 124 cm³/mol. The molecule has 4 aromatic carbocycles. The van der Waals surface area contributed by atoms with Gasteiger partial charge in [0.2, 0.25) is 0 Å². The van der Waals surface area contributed by atoms with Gasteiger partial charge in [-0.25, -0.2) is 0 Å². The summed E-state index contributed by atoms with van der Waals surface area (Å²) < 4.78 is 0. The SMILES string of the molecule is N#CC(c1ccccc1)(c1ccccc1)C(CC(=O)c1ccccc1)c1ccccc1. The van der Waals surface area contributed by atoms with E-state index in [-0.39, 0.29) is 18.1 Å². The zero-order chi connectivity index (χ0) is 21.5. The number of carbonyl (C=O) groups excluding carboxylic acids is 1. The van der Waals surface area contributed by atoms with Crippen molar-refractivity contribution in [3.63, 3.8) is 0 Å². The minimum absolute atomic E-state index is 0.0286. The Morgan fingerprint density at radius 3 is 1.55 bits per heavy atom. The minimum Gasteiger partial charge on any atom is -0.294 e. The van der Waals surface area contributed by atoms with Gasteiger partial charge in [0.1, 0.15) is 5.41 Å². The maximum absolute atomic E-state index is 13.3. The molecule has 4 rings (SSSR count). The lowest BCUT2D eigenvalue weighted by Crippen LogP contribution is -2.35. The third kappa shape index (κ3) is 4.04. The Bertz CT molecular complexity index is 1120. The molecular weight excluding hydrogens is 378 g/mol. The number of Topliss-reactive ketones (excluding diaryl/α,β-unsaturated/α-hetero) is 1. The van der Waals surface area contributed by atoms with Crippen LogP contribution in [-0.2, 0) is 5.41 Å². The third-order valence-electron chi connectivity index (χ3n) is 5.84. The number of ketones is 1. The Labute approximate surface area is 183 Å². The fraction of sp³-hybridized carbons (Fsp3) is 0.103. The predicted octanol–water partition coefficient (Wildman–Crippen LogP) is 6.55. The van der Waals surface area contributed by atoms with Gasteiger partial charge < -0.3 is 0 Å². The van der Waals surface area contributed by atoms with Crippen LogP contribution in [0.4, 0.5) is 0 Å². The van der Waals surface area contributed by atoms with Crippen LogP contribution in [0.3, 0.4) is 0 Å². The van der Waals surface area contributed by atoms with Crippen molar-refractivity contribution >= 4 is 5.78 Å². The van der Waals surface area contributed by atoms with Crippen molar-refractivity contribution in [2.24, 2.45) is 0 Å². The van der Waals surface area contributed by atoms with Gasteiger partial charge in [-0.3, -0.25) is 4.79 Å². The summed E-state index contributed by atoms with van der Waals surface area (Å²) in [6.07, 6.45) is 0.228. The van der Waals surface area contributed by atoms with Gasteiger partial charge in [0.25, 0.3) is 0 Å². The molecule has 0 N–H and O–H groups in total. The standard InChI is InChI=1S/C29H23NO/c30-22-29(25-17-9-3-10-18-25,26-19-11-4-12-20-26)27(23-13-5-1-6-14-23)21-28(31)24-15-7-2-8-16-24/h1-20,27H,21H2. The highest BCUT2D eigenvalue weighted by molar-refractivity contribution is 5.96. The Hall–Kier alpha value is -3.96. The second-order valence-corrected chi connectivity index (χ2v) is 7.61. The quantitative estimate of drug-likeness (QED) is 0.329. The molecule has 0 spiro atoms. The largest absolute Gasteiger partial charge is 0.294 e. The van der Waals surface area contributed by atoms with Crippen LogP contribution in [0.1, 0.15) is 39.4 Å². The number of carbonyl (C=O) groups is 1. The van der Waals surface area contributed by atoms with Crippen LogP contribution < -0.4 is 0 Å². The summed E-state index contributed by atoms with van der Waals surface area (Å²) >= 11 is 0. The molecule has 1 unspecified atom stereocenters. The van der Waals surface area contributed by atoms with E-state index in [0.717, 1.165) is 16.7 Å². The fourth-order valence-electron chi connectivity index (χ4n) is 4.31. The number of nitrogens with zero attached hydrogens (tertiary/aromatic N) is 1. The lowest BCUT2D eigenvalue weighted by Gasteiger charge is -2.36. The summed E-state index contributed by atoms with van der Waals surface area (Å²) in [4.78, 5) is 13.3. The first kappa shape index (κ1) is 20.3. The maximum Gasteiger partial charge on any atom is 0.163 e. The van der Waals surface area contributed by atoms with E-state index in [0.29, 0.717) is 5.56 Å². The van der Waals surface area contributed by atoms with Crippen molar-refractivity contribution in [1.82, 2.24) is 0 Å². The molecule has 0 aliphatic heterocycles. The molecule has 0 bridgehead atoms. The van der Waals surface area contributed by atoms with Crippen LogP contribution in [0.15, 0.2) is 121 Å². The molecule has 0 saturated carbocycles. The number of rotatable bonds is 7.